The number of carbonyl (C=O) groups is 1. The molecule has 0 unspecified atom stereocenters. The number of esters is 1. The summed E-state index contributed by atoms with van der Waals surface area (Å²) in [5.41, 5.74) is 1.63. The van der Waals surface area contributed by atoms with E-state index in [2.05, 4.69) is 14.8 Å². The number of fused-ring (bicyclic) bond motifs is 1. The number of hydrogen-bond acceptors (Lipinski definition) is 6. The number of para-hydroxylation sites is 1. The zero-order valence-corrected chi connectivity index (χ0v) is 17.8. The van der Waals surface area contributed by atoms with Crippen LogP contribution in [0.4, 0.5) is 5.82 Å². The molecule has 2 heterocycles. The lowest BCUT2D eigenvalue weighted by atomic mass is 10.2. The van der Waals surface area contributed by atoms with E-state index in [0.29, 0.717) is 11.3 Å². The molecule has 2 aromatic carbocycles. The second-order valence-corrected chi connectivity index (χ2v) is 8.50. The van der Waals surface area contributed by atoms with Crippen molar-refractivity contribution in [2.45, 2.75) is 18.7 Å². The van der Waals surface area contributed by atoms with Crippen molar-refractivity contribution in [2.24, 2.45) is 0 Å². The lowest BCUT2D eigenvalue weighted by Gasteiger charge is -2.12. The van der Waals surface area contributed by atoms with Crippen molar-refractivity contribution in [3.8, 4) is 5.82 Å². The minimum atomic E-state index is -3.99. The number of sulfonamides is 1. The number of aryl methyl sites for hydroxylation is 1. The number of hydrogen-bond donors (Lipinski definition) is 1. The summed E-state index contributed by atoms with van der Waals surface area (Å²) in [5, 5.41) is 5.14. The van der Waals surface area contributed by atoms with E-state index in [9.17, 15) is 13.2 Å². The summed E-state index contributed by atoms with van der Waals surface area (Å²) in [6.07, 6.45) is 1.27. The standard InChI is InChI=1S/C22H20N4O4S/c1-3-30-22(27)18-14-23-26(20-13-10-16-6-4-5-7-19(16)24-20)21(18)25-31(28,29)17-11-8-15(2)9-12-17/h4-14,25H,3H2,1-2H3. The van der Waals surface area contributed by atoms with Gasteiger partial charge in [-0.15, -0.1) is 0 Å². The predicted molar refractivity (Wildman–Crippen MR) is 117 cm³/mol. The first-order chi connectivity index (χ1) is 14.9. The van der Waals surface area contributed by atoms with Crippen LogP contribution in [0.3, 0.4) is 0 Å². The first-order valence-corrected chi connectivity index (χ1v) is 11.1. The Morgan fingerprint density at radius 2 is 1.81 bits per heavy atom. The smallest absolute Gasteiger partial charge is 0.343 e. The minimum absolute atomic E-state index is 0.00695. The van der Waals surface area contributed by atoms with E-state index in [4.69, 9.17) is 4.74 Å². The highest BCUT2D eigenvalue weighted by Gasteiger charge is 2.25. The quantitative estimate of drug-likeness (QED) is 0.462. The SMILES string of the molecule is CCOC(=O)c1cnn(-c2ccc3ccccc3n2)c1NS(=O)(=O)c1ccc(C)cc1. The van der Waals surface area contributed by atoms with E-state index in [1.54, 1.807) is 25.1 Å². The predicted octanol–water partition coefficient (Wildman–Crippen LogP) is 3.71. The Labute approximate surface area is 179 Å². The summed E-state index contributed by atoms with van der Waals surface area (Å²) in [6, 6.07) is 17.4. The van der Waals surface area contributed by atoms with Gasteiger partial charge in [0.25, 0.3) is 10.0 Å². The van der Waals surface area contributed by atoms with Crippen LogP contribution in [0.2, 0.25) is 0 Å². The molecule has 31 heavy (non-hydrogen) atoms. The summed E-state index contributed by atoms with van der Waals surface area (Å²) < 4.78 is 34.9. The van der Waals surface area contributed by atoms with Crippen molar-refractivity contribution >= 4 is 32.7 Å². The van der Waals surface area contributed by atoms with Gasteiger partial charge >= 0.3 is 5.97 Å². The molecule has 4 aromatic rings. The minimum Gasteiger partial charge on any atom is -0.462 e. The summed E-state index contributed by atoms with van der Waals surface area (Å²) in [5.74, 6) is -0.367. The Balaban J connectivity index is 1.83. The Hall–Kier alpha value is -3.72. The van der Waals surface area contributed by atoms with Crippen molar-refractivity contribution in [1.29, 1.82) is 0 Å². The molecule has 158 valence electrons. The number of carbonyl (C=O) groups excluding carboxylic acids is 1. The number of ether oxygens (including phenoxy) is 1. The van der Waals surface area contributed by atoms with Crippen molar-refractivity contribution in [1.82, 2.24) is 14.8 Å². The van der Waals surface area contributed by atoms with Crippen molar-refractivity contribution in [3.63, 3.8) is 0 Å². The van der Waals surface area contributed by atoms with E-state index in [1.165, 1.54) is 23.0 Å². The molecule has 0 aliphatic carbocycles. The van der Waals surface area contributed by atoms with Crippen LogP contribution in [0.5, 0.6) is 0 Å². The van der Waals surface area contributed by atoms with Gasteiger partial charge < -0.3 is 4.74 Å². The Kier molecular flexibility index (Phi) is 5.43. The number of pyridine rings is 1. The number of anilines is 1. The number of nitrogens with one attached hydrogen (secondary N) is 1. The van der Waals surface area contributed by atoms with E-state index >= 15 is 0 Å². The van der Waals surface area contributed by atoms with Gasteiger partial charge in [-0.3, -0.25) is 4.72 Å². The molecular weight excluding hydrogens is 416 g/mol. The topological polar surface area (TPSA) is 103 Å². The fraction of sp³-hybridized carbons (Fsp3) is 0.136. The molecule has 4 rings (SSSR count). The summed E-state index contributed by atoms with van der Waals surface area (Å²) in [6.45, 7) is 3.68. The maximum absolute atomic E-state index is 13.0. The van der Waals surface area contributed by atoms with E-state index in [1.807, 2.05) is 37.3 Å². The van der Waals surface area contributed by atoms with Crippen molar-refractivity contribution in [3.05, 3.63) is 78.0 Å². The summed E-state index contributed by atoms with van der Waals surface area (Å²) in [4.78, 5) is 17.1. The average Bonchev–Trinajstić information content (AvgIpc) is 3.16. The summed E-state index contributed by atoms with van der Waals surface area (Å²) >= 11 is 0. The summed E-state index contributed by atoms with van der Waals surface area (Å²) in [7, 11) is -3.99. The Morgan fingerprint density at radius 1 is 1.06 bits per heavy atom. The Bertz CT molecular complexity index is 1360. The molecule has 0 saturated heterocycles. The zero-order valence-electron chi connectivity index (χ0n) is 16.9. The highest BCUT2D eigenvalue weighted by Crippen LogP contribution is 2.25. The van der Waals surface area contributed by atoms with Crippen LogP contribution in [0.1, 0.15) is 22.8 Å². The molecule has 1 N–H and O–H groups in total. The van der Waals surface area contributed by atoms with E-state index < -0.39 is 16.0 Å². The first-order valence-electron chi connectivity index (χ1n) is 9.60. The fourth-order valence-electron chi connectivity index (χ4n) is 3.06. The van der Waals surface area contributed by atoms with Crippen LogP contribution in [0.15, 0.2) is 71.8 Å². The Morgan fingerprint density at radius 3 is 2.55 bits per heavy atom. The van der Waals surface area contributed by atoms with Crippen molar-refractivity contribution in [2.75, 3.05) is 11.3 Å². The monoisotopic (exact) mass is 436 g/mol. The third-order valence-electron chi connectivity index (χ3n) is 4.63. The van der Waals surface area contributed by atoms with Crippen LogP contribution in [-0.2, 0) is 14.8 Å². The molecule has 0 amide bonds. The van der Waals surface area contributed by atoms with Crippen LogP contribution in [0, 0.1) is 6.92 Å². The van der Waals surface area contributed by atoms with Crippen LogP contribution in [0.25, 0.3) is 16.7 Å². The van der Waals surface area contributed by atoms with Gasteiger partial charge in [0, 0.05) is 5.39 Å². The second kappa shape index (κ2) is 8.19. The molecular formula is C22H20N4O4S. The van der Waals surface area contributed by atoms with Crippen LogP contribution >= 0.6 is 0 Å². The number of aromatic nitrogens is 3. The molecule has 9 heteroatoms. The van der Waals surface area contributed by atoms with Gasteiger partial charge in [0.05, 0.1) is 23.2 Å². The van der Waals surface area contributed by atoms with Gasteiger partial charge in [-0.2, -0.15) is 9.78 Å². The lowest BCUT2D eigenvalue weighted by molar-refractivity contribution is 0.0527. The highest BCUT2D eigenvalue weighted by molar-refractivity contribution is 7.92. The van der Waals surface area contributed by atoms with Crippen molar-refractivity contribution < 1.29 is 17.9 Å². The molecule has 2 aromatic heterocycles. The zero-order chi connectivity index (χ0) is 22.0. The number of rotatable bonds is 6. The fourth-order valence-corrected chi connectivity index (χ4v) is 4.12. The van der Waals surface area contributed by atoms with Gasteiger partial charge in [0.15, 0.2) is 11.6 Å². The molecule has 8 nitrogen and oxygen atoms in total. The third-order valence-corrected chi connectivity index (χ3v) is 5.98. The molecule has 0 aliphatic rings. The van der Waals surface area contributed by atoms with Gasteiger partial charge in [-0.1, -0.05) is 35.9 Å². The van der Waals surface area contributed by atoms with E-state index in [-0.39, 0.29) is 22.9 Å². The van der Waals surface area contributed by atoms with Crippen LogP contribution in [-0.4, -0.2) is 35.8 Å². The maximum Gasteiger partial charge on any atom is 0.343 e. The highest BCUT2D eigenvalue weighted by atomic mass is 32.2. The van der Waals surface area contributed by atoms with E-state index in [0.717, 1.165) is 10.9 Å². The number of benzene rings is 2. The second-order valence-electron chi connectivity index (χ2n) is 6.82. The average molecular weight is 436 g/mol. The maximum atomic E-state index is 13.0. The molecule has 0 atom stereocenters. The van der Waals surface area contributed by atoms with Gasteiger partial charge in [-0.05, 0) is 44.2 Å². The lowest BCUT2D eigenvalue weighted by Crippen LogP contribution is -2.19. The first kappa shape index (κ1) is 20.5. The van der Waals surface area contributed by atoms with Gasteiger partial charge in [0.1, 0.15) is 5.56 Å². The van der Waals surface area contributed by atoms with Gasteiger partial charge in [-0.25, -0.2) is 18.2 Å². The number of nitrogens with zero attached hydrogens (tertiary/aromatic N) is 3. The molecule has 0 saturated carbocycles. The van der Waals surface area contributed by atoms with Crippen LogP contribution < -0.4 is 4.72 Å². The third kappa shape index (κ3) is 4.13. The molecule has 0 radical (unpaired) electrons. The molecule has 0 bridgehead atoms. The molecule has 0 fully saturated rings. The largest absolute Gasteiger partial charge is 0.462 e. The molecule has 0 aliphatic heterocycles. The normalized spacial score (nSPS) is 11.4. The van der Waals surface area contributed by atoms with Gasteiger partial charge in [0.2, 0.25) is 0 Å². The molecule has 0 spiro atoms.